The number of nitrogens with one attached hydrogen (secondary N) is 1. The number of nitrogens with two attached hydrogens (primary N) is 1. The molecule has 6 nitrogen and oxygen atoms in total. The molecule has 0 amide bonds. The van der Waals surface area contributed by atoms with Gasteiger partial charge in [-0.15, -0.1) is 0 Å². The molecule has 0 unspecified atom stereocenters. The Morgan fingerprint density at radius 3 is 2.48 bits per heavy atom. The lowest BCUT2D eigenvalue weighted by Crippen LogP contribution is -2.24. The van der Waals surface area contributed by atoms with Crippen LogP contribution in [0.2, 0.25) is 0 Å². The van der Waals surface area contributed by atoms with Gasteiger partial charge >= 0.3 is 0 Å². The van der Waals surface area contributed by atoms with Gasteiger partial charge in [-0.1, -0.05) is 18.2 Å². The van der Waals surface area contributed by atoms with Crippen LogP contribution >= 0.6 is 0 Å². The van der Waals surface area contributed by atoms with Crippen molar-refractivity contribution in [3.8, 4) is 11.5 Å². The normalized spacial score (nSPS) is 11.1. The second kappa shape index (κ2) is 9.42. The van der Waals surface area contributed by atoms with Gasteiger partial charge in [0, 0.05) is 37.6 Å². The lowest BCUT2D eigenvalue weighted by Gasteiger charge is -2.18. The fraction of sp³-hybridized carbons (Fsp3) is 0.316. The summed E-state index contributed by atoms with van der Waals surface area (Å²) in [6, 6.07) is 15.8. The average molecular weight is 342 g/mol. The summed E-state index contributed by atoms with van der Waals surface area (Å²) >= 11 is 0. The van der Waals surface area contributed by atoms with Crippen molar-refractivity contribution in [2.24, 2.45) is 10.7 Å². The minimum Gasteiger partial charge on any atom is -0.493 e. The molecular weight excluding hydrogens is 316 g/mol. The van der Waals surface area contributed by atoms with Gasteiger partial charge < -0.3 is 25.4 Å². The average Bonchev–Trinajstić information content (AvgIpc) is 2.65. The molecule has 0 saturated heterocycles. The summed E-state index contributed by atoms with van der Waals surface area (Å²) in [5.41, 5.74) is 7.95. The smallest absolute Gasteiger partial charge is 0.193 e. The van der Waals surface area contributed by atoms with Crippen LogP contribution in [0.4, 0.5) is 11.4 Å². The van der Waals surface area contributed by atoms with E-state index in [9.17, 15) is 0 Å². The molecule has 0 radical (unpaired) electrons. The molecular formula is C19H26N4O2. The third-order valence-electron chi connectivity index (χ3n) is 3.79. The van der Waals surface area contributed by atoms with E-state index in [0.29, 0.717) is 24.0 Å². The maximum Gasteiger partial charge on any atom is 0.193 e. The Kier molecular flexibility index (Phi) is 6.95. The highest BCUT2D eigenvalue weighted by Crippen LogP contribution is 2.29. The summed E-state index contributed by atoms with van der Waals surface area (Å²) < 4.78 is 10.5. The minimum absolute atomic E-state index is 0.384. The summed E-state index contributed by atoms with van der Waals surface area (Å²) in [5, 5.41) is 3.07. The largest absolute Gasteiger partial charge is 0.493 e. The predicted octanol–water partition coefficient (Wildman–Crippen LogP) is 2.96. The van der Waals surface area contributed by atoms with Gasteiger partial charge in [-0.3, -0.25) is 4.99 Å². The van der Waals surface area contributed by atoms with Crippen molar-refractivity contribution in [1.82, 2.24) is 0 Å². The number of guanidine groups is 1. The summed E-state index contributed by atoms with van der Waals surface area (Å²) in [7, 11) is 5.28. The number of hydrogen-bond donors (Lipinski definition) is 2. The van der Waals surface area contributed by atoms with Gasteiger partial charge in [-0.05, 0) is 30.7 Å². The van der Waals surface area contributed by atoms with Gasteiger partial charge in [0.05, 0.1) is 14.2 Å². The Balaban J connectivity index is 1.82. The van der Waals surface area contributed by atoms with Crippen molar-refractivity contribution in [2.45, 2.75) is 6.42 Å². The number of rotatable bonds is 8. The van der Waals surface area contributed by atoms with Crippen molar-refractivity contribution in [3.05, 3.63) is 48.5 Å². The summed E-state index contributed by atoms with van der Waals surface area (Å²) in [5.74, 6) is 1.70. The minimum atomic E-state index is 0.384. The SMILES string of the molecule is COc1ccc(NC(N)=NCCCN(C)c2ccccc2)cc1OC. The first-order valence-corrected chi connectivity index (χ1v) is 8.19. The lowest BCUT2D eigenvalue weighted by molar-refractivity contribution is 0.355. The third kappa shape index (κ3) is 5.60. The molecule has 0 heterocycles. The molecule has 0 atom stereocenters. The topological polar surface area (TPSA) is 72.1 Å². The van der Waals surface area contributed by atoms with Crippen LogP contribution in [0.1, 0.15) is 6.42 Å². The zero-order valence-electron chi connectivity index (χ0n) is 15.0. The first-order chi connectivity index (χ1) is 12.1. The van der Waals surface area contributed by atoms with Crippen LogP contribution in [0.3, 0.4) is 0 Å². The molecule has 2 aromatic rings. The number of aliphatic imine (C=N–C) groups is 1. The van der Waals surface area contributed by atoms with Crippen molar-refractivity contribution >= 4 is 17.3 Å². The van der Waals surface area contributed by atoms with Crippen LogP contribution in [-0.4, -0.2) is 40.3 Å². The highest BCUT2D eigenvalue weighted by molar-refractivity contribution is 5.92. The second-order valence-corrected chi connectivity index (χ2v) is 5.57. The Labute approximate surface area is 149 Å². The van der Waals surface area contributed by atoms with E-state index in [1.165, 1.54) is 5.69 Å². The van der Waals surface area contributed by atoms with E-state index >= 15 is 0 Å². The molecule has 0 aliphatic heterocycles. The van der Waals surface area contributed by atoms with E-state index in [0.717, 1.165) is 18.7 Å². The highest BCUT2D eigenvalue weighted by atomic mass is 16.5. The zero-order valence-corrected chi connectivity index (χ0v) is 15.0. The second-order valence-electron chi connectivity index (χ2n) is 5.57. The number of ether oxygens (including phenoxy) is 2. The molecule has 0 aliphatic carbocycles. The summed E-state index contributed by atoms with van der Waals surface area (Å²) in [6.45, 7) is 1.57. The molecule has 6 heteroatoms. The monoisotopic (exact) mass is 342 g/mol. The molecule has 3 N–H and O–H groups in total. The molecule has 2 rings (SSSR count). The maximum absolute atomic E-state index is 5.95. The van der Waals surface area contributed by atoms with Crippen LogP contribution in [0, 0.1) is 0 Å². The molecule has 134 valence electrons. The lowest BCUT2D eigenvalue weighted by atomic mass is 10.2. The Hall–Kier alpha value is -2.89. The number of benzene rings is 2. The van der Waals surface area contributed by atoms with Crippen molar-refractivity contribution in [3.63, 3.8) is 0 Å². The van der Waals surface area contributed by atoms with Crippen molar-refractivity contribution in [2.75, 3.05) is 44.6 Å². The predicted molar refractivity (Wildman–Crippen MR) is 104 cm³/mol. The van der Waals surface area contributed by atoms with Crippen LogP contribution in [0.25, 0.3) is 0 Å². The molecule has 2 aromatic carbocycles. The third-order valence-corrected chi connectivity index (χ3v) is 3.79. The summed E-state index contributed by atoms with van der Waals surface area (Å²) in [4.78, 5) is 6.57. The fourth-order valence-corrected chi connectivity index (χ4v) is 2.42. The Morgan fingerprint density at radius 2 is 1.80 bits per heavy atom. The summed E-state index contributed by atoms with van der Waals surface area (Å²) in [6.07, 6.45) is 0.916. The first-order valence-electron chi connectivity index (χ1n) is 8.19. The van der Waals surface area contributed by atoms with E-state index in [4.69, 9.17) is 15.2 Å². The molecule has 25 heavy (non-hydrogen) atoms. The van der Waals surface area contributed by atoms with Crippen LogP contribution in [0.5, 0.6) is 11.5 Å². The van der Waals surface area contributed by atoms with Gasteiger partial charge in [0.1, 0.15) is 0 Å². The van der Waals surface area contributed by atoms with Crippen molar-refractivity contribution < 1.29 is 9.47 Å². The van der Waals surface area contributed by atoms with Gasteiger partial charge in [-0.2, -0.15) is 0 Å². The maximum atomic E-state index is 5.95. The molecule has 0 saturated carbocycles. The van der Waals surface area contributed by atoms with E-state index in [1.807, 2.05) is 36.4 Å². The number of methoxy groups -OCH3 is 2. The molecule has 0 bridgehead atoms. The molecule has 0 spiro atoms. The van der Waals surface area contributed by atoms with E-state index in [1.54, 1.807) is 14.2 Å². The number of nitrogens with zero attached hydrogens (tertiary/aromatic N) is 2. The number of para-hydroxylation sites is 1. The molecule has 0 aromatic heterocycles. The van der Waals surface area contributed by atoms with Gasteiger partial charge in [0.2, 0.25) is 0 Å². The quantitative estimate of drug-likeness (QED) is 0.438. The standard InChI is InChI=1S/C19H26N4O2/c1-23(16-8-5-4-6-9-16)13-7-12-21-19(20)22-15-10-11-17(24-2)18(14-15)25-3/h4-6,8-11,14H,7,12-13H2,1-3H3,(H3,20,21,22). The fourth-order valence-electron chi connectivity index (χ4n) is 2.42. The molecule has 0 fully saturated rings. The Morgan fingerprint density at radius 1 is 1.08 bits per heavy atom. The van der Waals surface area contributed by atoms with Crippen molar-refractivity contribution in [1.29, 1.82) is 0 Å². The van der Waals surface area contributed by atoms with Crippen LogP contribution < -0.4 is 25.4 Å². The van der Waals surface area contributed by atoms with E-state index in [2.05, 4.69) is 34.4 Å². The van der Waals surface area contributed by atoms with Gasteiger partial charge in [0.25, 0.3) is 0 Å². The van der Waals surface area contributed by atoms with Gasteiger partial charge in [0.15, 0.2) is 17.5 Å². The van der Waals surface area contributed by atoms with E-state index < -0.39 is 0 Å². The number of hydrogen-bond acceptors (Lipinski definition) is 4. The van der Waals surface area contributed by atoms with Gasteiger partial charge in [-0.25, -0.2) is 0 Å². The van der Waals surface area contributed by atoms with E-state index in [-0.39, 0.29) is 0 Å². The number of anilines is 2. The zero-order chi connectivity index (χ0) is 18.1. The highest BCUT2D eigenvalue weighted by Gasteiger charge is 2.05. The van der Waals surface area contributed by atoms with Crippen LogP contribution in [-0.2, 0) is 0 Å². The molecule has 0 aliphatic rings. The van der Waals surface area contributed by atoms with Crippen LogP contribution in [0.15, 0.2) is 53.5 Å². The first kappa shape index (κ1) is 18.4. The Bertz CT molecular complexity index is 689.